The summed E-state index contributed by atoms with van der Waals surface area (Å²) in [5.41, 5.74) is 3.66. The quantitative estimate of drug-likeness (QED) is 0.418. The molecular weight excluding hydrogens is 404 g/mol. The maximum absolute atomic E-state index is 10.9. The lowest BCUT2D eigenvalue weighted by molar-refractivity contribution is 0.185. The summed E-state index contributed by atoms with van der Waals surface area (Å²) >= 11 is 0. The van der Waals surface area contributed by atoms with E-state index in [9.17, 15) is 4.79 Å². The third-order valence-corrected chi connectivity index (χ3v) is 5.09. The van der Waals surface area contributed by atoms with E-state index in [0.717, 1.165) is 41.8 Å². The summed E-state index contributed by atoms with van der Waals surface area (Å²) in [7, 11) is 0. The number of benzene rings is 1. The van der Waals surface area contributed by atoms with Gasteiger partial charge in [0.05, 0.1) is 0 Å². The summed E-state index contributed by atoms with van der Waals surface area (Å²) in [5.74, 6) is 3.84. The number of nitrogens with zero attached hydrogens (tertiary/aromatic N) is 4. The molecule has 0 aliphatic rings. The van der Waals surface area contributed by atoms with Crippen LogP contribution in [0.1, 0.15) is 38.3 Å². The van der Waals surface area contributed by atoms with Crippen LogP contribution in [0, 0.1) is 18.3 Å². The van der Waals surface area contributed by atoms with Gasteiger partial charge in [-0.15, -0.1) is 6.42 Å². The molecule has 0 bridgehead atoms. The molecule has 3 N–H and O–H groups in total. The summed E-state index contributed by atoms with van der Waals surface area (Å²) in [6, 6.07) is 9.59. The number of carboxylic acid groups (broad SMARTS) is 1. The number of aromatic nitrogens is 3. The van der Waals surface area contributed by atoms with E-state index >= 15 is 0 Å². The summed E-state index contributed by atoms with van der Waals surface area (Å²) < 4.78 is 1.82. The molecule has 0 spiro atoms. The second-order valence-electron chi connectivity index (χ2n) is 8.36. The third kappa shape index (κ3) is 6.22. The van der Waals surface area contributed by atoms with Crippen molar-refractivity contribution in [1.29, 1.82) is 0 Å². The molecule has 1 aromatic carbocycles. The van der Waals surface area contributed by atoms with Crippen LogP contribution in [-0.2, 0) is 6.54 Å². The fourth-order valence-electron chi connectivity index (χ4n) is 3.71. The first kappa shape index (κ1) is 23.1. The van der Waals surface area contributed by atoms with E-state index in [1.807, 2.05) is 41.9 Å². The van der Waals surface area contributed by atoms with Crippen molar-refractivity contribution in [2.75, 3.05) is 18.4 Å². The van der Waals surface area contributed by atoms with Gasteiger partial charge in [0, 0.05) is 43.1 Å². The van der Waals surface area contributed by atoms with Gasteiger partial charge in [-0.05, 0) is 49.1 Å². The minimum Gasteiger partial charge on any atom is -0.465 e. The Morgan fingerprint density at radius 1 is 1.31 bits per heavy atom. The molecule has 0 fully saturated rings. The van der Waals surface area contributed by atoms with Gasteiger partial charge in [0.25, 0.3) is 0 Å². The summed E-state index contributed by atoms with van der Waals surface area (Å²) in [6.07, 6.45) is 8.72. The summed E-state index contributed by atoms with van der Waals surface area (Å²) in [6.45, 7) is 8.63. The zero-order chi connectivity index (χ0) is 23.1. The topological polar surface area (TPSA) is 94.8 Å². The molecule has 8 nitrogen and oxygen atoms in total. The summed E-state index contributed by atoms with van der Waals surface area (Å²) in [4.78, 5) is 17.7. The molecule has 32 heavy (non-hydrogen) atoms. The van der Waals surface area contributed by atoms with Gasteiger partial charge in [0.2, 0.25) is 0 Å². The van der Waals surface area contributed by atoms with Crippen molar-refractivity contribution in [3.8, 4) is 12.3 Å². The Labute approximate surface area is 188 Å². The Morgan fingerprint density at radius 2 is 2.12 bits per heavy atom. The second kappa shape index (κ2) is 10.6. The molecular formula is C24H30N6O2. The fraction of sp³-hybridized carbons (Fsp3) is 0.375. The first-order valence-corrected chi connectivity index (χ1v) is 10.7. The van der Waals surface area contributed by atoms with E-state index < -0.39 is 6.09 Å². The van der Waals surface area contributed by atoms with Gasteiger partial charge in [-0.3, -0.25) is 4.90 Å². The average molecular weight is 435 g/mol. The average Bonchev–Trinajstić information content (AvgIpc) is 3.15. The Balaban J connectivity index is 1.83. The highest BCUT2D eigenvalue weighted by atomic mass is 16.4. The SMILES string of the molecule is C#Cc1cccc(Nc2ncnn3ccc(CN(CCC(C)NC(=O)O)CC(C)C)c23)c1. The second-order valence-corrected chi connectivity index (χ2v) is 8.36. The van der Waals surface area contributed by atoms with E-state index in [2.05, 4.69) is 51.5 Å². The maximum Gasteiger partial charge on any atom is 0.404 e. The zero-order valence-electron chi connectivity index (χ0n) is 18.7. The van der Waals surface area contributed by atoms with Crippen molar-refractivity contribution < 1.29 is 9.90 Å². The van der Waals surface area contributed by atoms with Crippen molar-refractivity contribution in [2.24, 2.45) is 5.92 Å². The molecule has 1 amide bonds. The molecule has 3 aromatic rings. The number of fused-ring (bicyclic) bond motifs is 1. The normalized spacial score (nSPS) is 12.1. The highest BCUT2D eigenvalue weighted by Crippen LogP contribution is 2.25. The number of rotatable bonds is 10. The third-order valence-electron chi connectivity index (χ3n) is 5.09. The molecule has 8 heteroatoms. The molecule has 1 atom stereocenters. The predicted molar refractivity (Wildman–Crippen MR) is 126 cm³/mol. The van der Waals surface area contributed by atoms with Crippen molar-refractivity contribution in [1.82, 2.24) is 24.8 Å². The smallest absolute Gasteiger partial charge is 0.404 e. The molecule has 3 rings (SSSR count). The Hall–Kier alpha value is -3.57. The van der Waals surface area contributed by atoms with Crippen LogP contribution >= 0.6 is 0 Å². The molecule has 0 radical (unpaired) electrons. The molecule has 168 valence electrons. The largest absolute Gasteiger partial charge is 0.465 e. The van der Waals surface area contributed by atoms with E-state index in [1.54, 1.807) is 0 Å². The standard InChI is InChI=1S/C24H30N6O2/c1-5-19-7-6-8-21(13-19)28-23-22-20(10-12-30(22)26-16-25-23)15-29(14-17(2)3)11-9-18(4)27-24(31)32/h1,6-8,10,12-13,16-18,27H,9,11,14-15H2,2-4H3,(H,31,32)(H,25,26,28). The van der Waals surface area contributed by atoms with Crippen molar-refractivity contribution in [3.05, 3.63) is 54.0 Å². The molecule has 0 aliphatic carbocycles. The van der Waals surface area contributed by atoms with Gasteiger partial charge in [-0.25, -0.2) is 14.3 Å². The monoisotopic (exact) mass is 434 g/mol. The van der Waals surface area contributed by atoms with Crippen LogP contribution in [0.5, 0.6) is 0 Å². The van der Waals surface area contributed by atoms with Crippen LogP contribution in [0.2, 0.25) is 0 Å². The van der Waals surface area contributed by atoms with Crippen LogP contribution in [0.4, 0.5) is 16.3 Å². The van der Waals surface area contributed by atoms with Crippen LogP contribution in [0.3, 0.4) is 0 Å². The van der Waals surface area contributed by atoms with Crippen LogP contribution in [0.15, 0.2) is 42.9 Å². The number of carbonyl (C=O) groups is 1. The maximum atomic E-state index is 10.9. The fourth-order valence-corrected chi connectivity index (χ4v) is 3.71. The van der Waals surface area contributed by atoms with Crippen molar-refractivity contribution in [3.63, 3.8) is 0 Å². The number of hydrogen-bond acceptors (Lipinski definition) is 5. The van der Waals surface area contributed by atoms with E-state index in [1.165, 1.54) is 6.33 Å². The zero-order valence-corrected chi connectivity index (χ0v) is 18.7. The van der Waals surface area contributed by atoms with Gasteiger partial charge in [-0.2, -0.15) is 5.10 Å². The Kier molecular flexibility index (Phi) is 7.68. The Morgan fingerprint density at radius 3 is 2.84 bits per heavy atom. The number of amides is 1. The molecule has 0 aliphatic heterocycles. The Bertz CT molecular complexity index is 1100. The van der Waals surface area contributed by atoms with Crippen LogP contribution in [0.25, 0.3) is 5.52 Å². The lowest BCUT2D eigenvalue weighted by Crippen LogP contribution is -2.36. The van der Waals surface area contributed by atoms with E-state index in [4.69, 9.17) is 11.5 Å². The molecule has 0 saturated heterocycles. The number of nitrogens with one attached hydrogen (secondary N) is 2. The highest BCUT2D eigenvalue weighted by Gasteiger charge is 2.16. The van der Waals surface area contributed by atoms with Gasteiger partial charge < -0.3 is 15.7 Å². The number of anilines is 2. The van der Waals surface area contributed by atoms with Gasteiger partial charge >= 0.3 is 6.09 Å². The van der Waals surface area contributed by atoms with Gasteiger partial charge in [0.1, 0.15) is 11.8 Å². The number of terminal acetylenes is 1. The highest BCUT2D eigenvalue weighted by molar-refractivity contribution is 5.76. The molecule has 2 heterocycles. The van der Waals surface area contributed by atoms with Crippen LogP contribution < -0.4 is 10.6 Å². The minimum atomic E-state index is -0.992. The van der Waals surface area contributed by atoms with Crippen molar-refractivity contribution >= 4 is 23.1 Å². The van der Waals surface area contributed by atoms with Gasteiger partial charge in [0.15, 0.2) is 5.82 Å². The first-order valence-electron chi connectivity index (χ1n) is 10.7. The van der Waals surface area contributed by atoms with Gasteiger partial charge in [-0.1, -0.05) is 25.8 Å². The minimum absolute atomic E-state index is 0.114. The first-order chi connectivity index (χ1) is 15.4. The van der Waals surface area contributed by atoms with E-state index in [0.29, 0.717) is 18.3 Å². The predicted octanol–water partition coefficient (Wildman–Crippen LogP) is 3.96. The molecule has 2 aromatic heterocycles. The lowest BCUT2D eigenvalue weighted by Gasteiger charge is -2.25. The lowest BCUT2D eigenvalue weighted by atomic mass is 10.1. The van der Waals surface area contributed by atoms with E-state index in [-0.39, 0.29) is 6.04 Å². The molecule has 1 unspecified atom stereocenters. The van der Waals surface area contributed by atoms with Crippen LogP contribution in [-0.4, -0.2) is 49.8 Å². The van der Waals surface area contributed by atoms with Crippen molar-refractivity contribution in [2.45, 2.75) is 39.8 Å². The molecule has 0 saturated carbocycles. The number of hydrogen-bond donors (Lipinski definition) is 3. The summed E-state index contributed by atoms with van der Waals surface area (Å²) in [5, 5.41) is 19.2.